The normalized spacial score (nSPS) is 11.8. The van der Waals surface area contributed by atoms with E-state index in [0.717, 1.165) is 19.3 Å². The van der Waals surface area contributed by atoms with Crippen LogP contribution in [0.25, 0.3) is 0 Å². The largest absolute Gasteiger partial charge is 0.385 e. The summed E-state index contributed by atoms with van der Waals surface area (Å²) in [7, 11) is -2.11. The predicted octanol–water partition coefficient (Wildman–Crippen LogP) is 1.08. The van der Waals surface area contributed by atoms with E-state index in [-0.39, 0.29) is 5.75 Å². The Morgan fingerprint density at radius 1 is 1.17 bits per heavy atom. The maximum absolute atomic E-state index is 10.3. The van der Waals surface area contributed by atoms with E-state index in [1.165, 1.54) is 0 Å². The fourth-order valence-corrected chi connectivity index (χ4v) is 1.45. The van der Waals surface area contributed by atoms with Gasteiger partial charge in [-0.3, -0.25) is 4.55 Å². The summed E-state index contributed by atoms with van der Waals surface area (Å²) in [6, 6.07) is 0. The number of ether oxygens (including phenoxy) is 1. The van der Waals surface area contributed by atoms with Gasteiger partial charge in [0.2, 0.25) is 0 Å². The van der Waals surface area contributed by atoms with Crippen LogP contribution in [0.2, 0.25) is 0 Å². The van der Waals surface area contributed by atoms with E-state index in [1.54, 1.807) is 7.11 Å². The van der Waals surface area contributed by atoms with E-state index in [1.807, 2.05) is 0 Å². The summed E-state index contributed by atoms with van der Waals surface area (Å²) >= 11 is 0. The molecule has 0 heterocycles. The summed E-state index contributed by atoms with van der Waals surface area (Å²) in [6.07, 6.45) is 3.25. The Balaban J connectivity index is 3.12. The monoisotopic (exact) mass is 196 g/mol. The van der Waals surface area contributed by atoms with Crippen LogP contribution in [-0.2, 0) is 14.9 Å². The zero-order valence-electron chi connectivity index (χ0n) is 7.32. The van der Waals surface area contributed by atoms with Gasteiger partial charge >= 0.3 is 0 Å². The van der Waals surface area contributed by atoms with Crippen LogP contribution >= 0.6 is 0 Å². The minimum Gasteiger partial charge on any atom is -0.385 e. The number of unbranched alkanes of at least 4 members (excludes halogenated alkanes) is 3. The first-order valence-corrected chi connectivity index (χ1v) is 5.61. The summed E-state index contributed by atoms with van der Waals surface area (Å²) in [5.41, 5.74) is 0. The lowest BCUT2D eigenvalue weighted by molar-refractivity contribution is 0.192. The molecule has 0 aromatic rings. The van der Waals surface area contributed by atoms with Gasteiger partial charge in [-0.05, 0) is 12.8 Å². The fraction of sp³-hybridized carbons (Fsp3) is 1.00. The van der Waals surface area contributed by atoms with Gasteiger partial charge in [0.25, 0.3) is 10.1 Å². The second kappa shape index (κ2) is 6.39. The van der Waals surface area contributed by atoms with Gasteiger partial charge in [0.05, 0.1) is 5.75 Å². The number of hydrogen-bond acceptors (Lipinski definition) is 3. The maximum atomic E-state index is 10.3. The first kappa shape index (κ1) is 11.9. The zero-order chi connectivity index (χ0) is 9.45. The molecule has 0 aliphatic rings. The summed E-state index contributed by atoms with van der Waals surface area (Å²) in [5, 5.41) is 0. The van der Waals surface area contributed by atoms with Crippen molar-refractivity contribution in [2.45, 2.75) is 25.7 Å². The third-order valence-corrected chi connectivity index (χ3v) is 2.31. The number of methoxy groups -OCH3 is 1. The molecule has 0 aliphatic carbocycles. The molecule has 0 amide bonds. The van der Waals surface area contributed by atoms with Crippen LogP contribution in [0.4, 0.5) is 0 Å². The lowest BCUT2D eigenvalue weighted by atomic mass is 10.2. The van der Waals surface area contributed by atoms with E-state index in [4.69, 9.17) is 9.29 Å². The smallest absolute Gasteiger partial charge is 0.264 e. The Kier molecular flexibility index (Phi) is 6.32. The lowest BCUT2D eigenvalue weighted by Crippen LogP contribution is -2.03. The van der Waals surface area contributed by atoms with Crippen LogP contribution in [0.5, 0.6) is 0 Å². The molecule has 0 radical (unpaired) electrons. The van der Waals surface area contributed by atoms with E-state index >= 15 is 0 Å². The van der Waals surface area contributed by atoms with Crippen LogP contribution in [-0.4, -0.2) is 32.4 Å². The third kappa shape index (κ3) is 9.87. The van der Waals surface area contributed by atoms with Crippen molar-refractivity contribution in [3.8, 4) is 0 Å². The molecule has 0 fully saturated rings. The molecule has 4 nitrogen and oxygen atoms in total. The van der Waals surface area contributed by atoms with Crippen molar-refractivity contribution in [1.82, 2.24) is 0 Å². The van der Waals surface area contributed by atoms with Gasteiger partial charge in [0, 0.05) is 13.7 Å². The maximum Gasteiger partial charge on any atom is 0.264 e. The Labute approximate surface area is 73.7 Å². The molecular formula is C7H16O4S. The minimum absolute atomic E-state index is 0.125. The molecule has 0 spiro atoms. The highest BCUT2D eigenvalue weighted by Gasteiger charge is 2.02. The van der Waals surface area contributed by atoms with Crippen molar-refractivity contribution in [3.63, 3.8) is 0 Å². The average Bonchev–Trinajstić information content (AvgIpc) is 1.94. The molecule has 12 heavy (non-hydrogen) atoms. The summed E-state index contributed by atoms with van der Waals surface area (Å²) < 4.78 is 33.7. The molecule has 0 aromatic carbocycles. The van der Waals surface area contributed by atoms with E-state index in [9.17, 15) is 8.42 Å². The Bertz CT molecular complexity index is 186. The van der Waals surface area contributed by atoms with E-state index < -0.39 is 10.1 Å². The number of rotatable bonds is 7. The standard InChI is InChI=1S/C7H16O4S/c1-11-6-4-2-3-5-7-12(8,9)10/h2-7H2,1H3,(H,8,9,10). The van der Waals surface area contributed by atoms with Crippen LogP contribution in [0.3, 0.4) is 0 Å². The van der Waals surface area contributed by atoms with E-state index in [2.05, 4.69) is 0 Å². The van der Waals surface area contributed by atoms with Crippen LogP contribution in [0.15, 0.2) is 0 Å². The summed E-state index contributed by atoms with van der Waals surface area (Å²) in [5.74, 6) is -0.125. The fourth-order valence-electron chi connectivity index (χ4n) is 0.884. The highest BCUT2D eigenvalue weighted by Crippen LogP contribution is 2.01. The van der Waals surface area contributed by atoms with Gasteiger partial charge in [0.15, 0.2) is 0 Å². The SMILES string of the molecule is COCCCCCCS(=O)(=O)O. The van der Waals surface area contributed by atoms with Gasteiger partial charge in [-0.25, -0.2) is 0 Å². The van der Waals surface area contributed by atoms with Crippen molar-refractivity contribution in [2.24, 2.45) is 0 Å². The topological polar surface area (TPSA) is 63.6 Å². The number of hydrogen-bond donors (Lipinski definition) is 1. The summed E-state index contributed by atoms with van der Waals surface area (Å²) in [6.45, 7) is 0.714. The van der Waals surface area contributed by atoms with Crippen LogP contribution in [0.1, 0.15) is 25.7 Å². The van der Waals surface area contributed by atoms with Gasteiger partial charge in [-0.1, -0.05) is 12.8 Å². The van der Waals surface area contributed by atoms with Crippen molar-refractivity contribution in [1.29, 1.82) is 0 Å². The van der Waals surface area contributed by atoms with E-state index in [0.29, 0.717) is 13.0 Å². The molecule has 0 unspecified atom stereocenters. The zero-order valence-corrected chi connectivity index (χ0v) is 8.14. The molecule has 0 saturated heterocycles. The van der Waals surface area contributed by atoms with Crippen molar-refractivity contribution in [2.75, 3.05) is 19.5 Å². The molecule has 0 saturated carbocycles. The molecule has 0 aromatic heterocycles. The molecule has 5 heteroatoms. The third-order valence-electron chi connectivity index (χ3n) is 1.50. The lowest BCUT2D eigenvalue weighted by Gasteiger charge is -1.98. The quantitative estimate of drug-likeness (QED) is 0.489. The molecule has 0 aliphatic heterocycles. The minimum atomic E-state index is -3.75. The molecule has 0 rings (SSSR count). The second-order valence-corrected chi connectivity index (χ2v) is 4.27. The molecular weight excluding hydrogens is 180 g/mol. The van der Waals surface area contributed by atoms with Gasteiger partial charge in [-0.15, -0.1) is 0 Å². The van der Waals surface area contributed by atoms with Crippen molar-refractivity contribution in [3.05, 3.63) is 0 Å². The highest BCUT2D eigenvalue weighted by molar-refractivity contribution is 7.85. The van der Waals surface area contributed by atoms with Crippen molar-refractivity contribution < 1.29 is 17.7 Å². The van der Waals surface area contributed by atoms with Crippen LogP contribution < -0.4 is 0 Å². The summed E-state index contributed by atoms with van der Waals surface area (Å²) in [4.78, 5) is 0. The first-order chi connectivity index (χ1) is 5.56. The molecule has 1 N–H and O–H groups in total. The Morgan fingerprint density at radius 3 is 2.25 bits per heavy atom. The first-order valence-electron chi connectivity index (χ1n) is 4.00. The van der Waals surface area contributed by atoms with Crippen molar-refractivity contribution >= 4 is 10.1 Å². The highest BCUT2D eigenvalue weighted by atomic mass is 32.2. The van der Waals surface area contributed by atoms with Gasteiger partial charge in [0.1, 0.15) is 0 Å². The Morgan fingerprint density at radius 2 is 1.75 bits per heavy atom. The van der Waals surface area contributed by atoms with Crippen LogP contribution in [0, 0.1) is 0 Å². The molecule has 0 bridgehead atoms. The molecule has 0 atom stereocenters. The molecule has 74 valence electrons. The van der Waals surface area contributed by atoms with Gasteiger partial charge < -0.3 is 4.74 Å². The Hall–Kier alpha value is -0.130. The van der Waals surface area contributed by atoms with Gasteiger partial charge in [-0.2, -0.15) is 8.42 Å². The average molecular weight is 196 g/mol. The second-order valence-electron chi connectivity index (χ2n) is 2.69. The predicted molar refractivity (Wildman–Crippen MR) is 46.8 cm³/mol.